The molecule has 0 fully saturated rings. The molecular weight excluding hydrogens is 313 g/mol. The molecule has 0 amide bonds. The zero-order valence-electron chi connectivity index (χ0n) is 9.86. The van der Waals surface area contributed by atoms with Crippen LogP contribution in [0.2, 0.25) is 0 Å². The second kappa shape index (κ2) is 5.79. The Morgan fingerprint density at radius 2 is 2.21 bits per heavy atom. The molecule has 0 aliphatic rings. The van der Waals surface area contributed by atoms with Crippen molar-refractivity contribution in [3.05, 3.63) is 58.1 Å². The first-order valence-electron chi connectivity index (χ1n) is 5.43. The summed E-state index contributed by atoms with van der Waals surface area (Å²) in [5.41, 5.74) is 6.48. The van der Waals surface area contributed by atoms with E-state index in [1.54, 1.807) is 24.4 Å². The number of aromatic nitrogens is 1. The number of pyridine rings is 1. The largest absolute Gasteiger partial charge is 0.489 e. The zero-order valence-corrected chi connectivity index (χ0v) is 11.4. The van der Waals surface area contributed by atoms with Crippen molar-refractivity contribution >= 4 is 21.8 Å². The lowest BCUT2D eigenvalue weighted by Gasteiger charge is -2.09. The molecule has 0 aliphatic heterocycles. The monoisotopic (exact) mass is 323 g/mol. The van der Waals surface area contributed by atoms with E-state index in [1.807, 2.05) is 0 Å². The second-order valence-electron chi connectivity index (χ2n) is 3.82. The predicted molar refractivity (Wildman–Crippen MR) is 73.7 cm³/mol. The third-order valence-corrected chi connectivity index (χ3v) is 2.83. The number of nitrogens with one attached hydrogen (secondary N) is 1. The highest BCUT2D eigenvalue weighted by atomic mass is 79.9. The summed E-state index contributed by atoms with van der Waals surface area (Å²) >= 11 is 3.19. The highest BCUT2D eigenvalue weighted by Gasteiger charge is 2.07. The Bertz CT molecular complexity index is 598. The van der Waals surface area contributed by atoms with Crippen molar-refractivity contribution in [2.45, 2.75) is 6.61 Å². The summed E-state index contributed by atoms with van der Waals surface area (Å²) in [5.74, 6) is -0.118. The van der Waals surface area contributed by atoms with Crippen molar-refractivity contribution in [1.82, 2.24) is 4.98 Å². The first-order chi connectivity index (χ1) is 9.06. The highest BCUT2D eigenvalue weighted by Crippen LogP contribution is 2.21. The van der Waals surface area contributed by atoms with Gasteiger partial charge in [0.1, 0.15) is 29.7 Å². The van der Waals surface area contributed by atoms with Gasteiger partial charge in [-0.15, -0.1) is 0 Å². The van der Waals surface area contributed by atoms with Crippen LogP contribution >= 0.6 is 15.9 Å². The van der Waals surface area contributed by atoms with Gasteiger partial charge < -0.3 is 10.5 Å². The number of nitrogens with two attached hydrogens (primary N) is 1. The Balaban J connectivity index is 2.16. The smallest absolute Gasteiger partial charge is 0.142 e. The van der Waals surface area contributed by atoms with Crippen molar-refractivity contribution in [2.75, 3.05) is 0 Å². The molecule has 0 saturated heterocycles. The minimum atomic E-state index is -0.387. The fourth-order valence-corrected chi connectivity index (χ4v) is 2.01. The maximum absolute atomic E-state index is 13.2. The standard InChI is InChI=1S/C13H11BrFN3O/c14-9-4-10(15)6-11(5-9)19-7-8-2-1-3-18-12(8)13(16)17/h1-6H,7H2,(H3,16,17). The van der Waals surface area contributed by atoms with Gasteiger partial charge in [-0.1, -0.05) is 22.0 Å². The number of rotatable bonds is 4. The van der Waals surface area contributed by atoms with Crippen LogP contribution in [0.5, 0.6) is 5.75 Å². The number of nitrogen functional groups attached to an aromatic ring is 1. The number of hydrogen-bond donors (Lipinski definition) is 2. The lowest BCUT2D eigenvalue weighted by atomic mass is 10.2. The summed E-state index contributed by atoms with van der Waals surface area (Å²) in [6.07, 6.45) is 1.55. The van der Waals surface area contributed by atoms with E-state index in [1.165, 1.54) is 12.1 Å². The summed E-state index contributed by atoms with van der Waals surface area (Å²) in [7, 11) is 0. The first-order valence-corrected chi connectivity index (χ1v) is 6.23. The lowest BCUT2D eigenvalue weighted by molar-refractivity contribution is 0.303. The molecule has 0 unspecified atom stereocenters. The van der Waals surface area contributed by atoms with Gasteiger partial charge >= 0.3 is 0 Å². The third-order valence-electron chi connectivity index (χ3n) is 2.38. The SMILES string of the molecule is N=C(N)c1ncccc1COc1cc(F)cc(Br)c1. The molecule has 0 saturated carbocycles. The molecule has 1 aromatic carbocycles. The van der Waals surface area contributed by atoms with Gasteiger partial charge in [-0.2, -0.15) is 0 Å². The molecule has 4 nitrogen and oxygen atoms in total. The Labute approximate surface area is 118 Å². The lowest BCUT2D eigenvalue weighted by Crippen LogP contribution is -2.16. The van der Waals surface area contributed by atoms with E-state index in [4.69, 9.17) is 15.9 Å². The topological polar surface area (TPSA) is 72.0 Å². The zero-order chi connectivity index (χ0) is 13.8. The summed E-state index contributed by atoms with van der Waals surface area (Å²) in [6.45, 7) is 0.165. The van der Waals surface area contributed by atoms with Crippen LogP contribution in [0.4, 0.5) is 4.39 Å². The van der Waals surface area contributed by atoms with E-state index in [2.05, 4.69) is 20.9 Å². The van der Waals surface area contributed by atoms with Gasteiger partial charge in [-0.3, -0.25) is 10.4 Å². The molecule has 1 heterocycles. The number of amidine groups is 1. The average Bonchev–Trinajstić information content (AvgIpc) is 2.35. The molecule has 0 bridgehead atoms. The number of halogens is 2. The maximum atomic E-state index is 13.2. The van der Waals surface area contributed by atoms with Gasteiger partial charge in [0.15, 0.2) is 0 Å². The Morgan fingerprint density at radius 1 is 1.42 bits per heavy atom. The third kappa shape index (κ3) is 3.51. The molecule has 0 radical (unpaired) electrons. The van der Waals surface area contributed by atoms with Crippen molar-refractivity contribution in [3.63, 3.8) is 0 Å². The van der Waals surface area contributed by atoms with Crippen LogP contribution in [0, 0.1) is 11.2 Å². The molecule has 98 valence electrons. The summed E-state index contributed by atoms with van der Waals surface area (Å²) < 4.78 is 19.3. The molecule has 0 aliphatic carbocycles. The van der Waals surface area contributed by atoms with Crippen LogP contribution in [-0.2, 0) is 6.61 Å². The van der Waals surface area contributed by atoms with Crippen LogP contribution in [0.25, 0.3) is 0 Å². The van der Waals surface area contributed by atoms with E-state index >= 15 is 0 Å². The minimum absolute atomic E-state index is 0.125. The average molecular weight is 324 g/mol. The van der Waals surface area contributed by atoms with E-state index in [0.29, 0.717) is 21.5 Å². The van der Waals surface area contributed by atoms with Gasteiger partial charge in [0.05, 0.1) is 0 Å². The molecule has 0 atom stereocenters. The van der Waals surface area contributed by atoms with Crippen molar-refractivity contribution in [2.24, 2.45) is 5.73 Å². The number of hydrogen-bond acceptors (Lipinski definition) is 3. The van der Waals surface area contributed by atoms with Crippen LogP contribution in [0.15, 0.2) is 41.0 Å². The molecule has 1 aromatic heterocycles. The molecule has 2 rings (SSSR count). The van der Waals surface area contributed by atoms with E-state index < -0.39 is 0 Å². The second-order valence-corrected chi connectivity index (χ2v) is 4.73. The summed E-state index contributed by atoms with van der Waals surface area (Å²) in [6, 6.07) is 7.78. The minimum Gasteiger partial charge on any atom is -0.489 e. The van der Waals surface area contributed by atoms with Crippen LogP contribution < -0.4 is 10.5 Å². The van der Waals surface area contributed by atoms with Crippen LogP contribution in [0.1, 0.15) is 11.3 Å². The van der Waals surface area contributed by atoms with Crippen molar-refractivity contribution in [3.8, 4) is 5.75 Å². The highest BCUT2D eigenvalue weighted by molar-refractivity contribution is 9.10. The number of nitrogens with zero attached hydrogens (tertiary/aromatic N) is 1. The molecule has 2 aromatic rings. The molecule has 3 N–H and O–H groups in total. The Hall–Kier alpha value is -1.95. The van der Waals surface area contributed by atoms with Gasteiger partial charge in [-0.25, -0.2) is 4.39 Å². The Kier molecular flexibility index (Phi) is 4.11. The van der Waals surface area contributed by atoms with E-state index in [-0.39, 0.29) is 18.3 Å². The van der Waals surface area contributed by atoms with Crippen molar-refractivity contribution in [1.29, 1.82) is 5.41 Å². The van der Waals surface area contributed by atoms with E-state index in [0.717, 1.165) is 0 Å². The number of benzene rings is 1. The number of ether oxygens (including phenoxy) is 1. The Morgan fingerprint density at radius 3 is 2.89 bits per heavy atom. The molecule has 6 heteroatoms. The molecule has 0 spiro atoms. The van der Waals surface area contributed by atoms with Gasteiger partial charge in [-0.05, 0) is 18.2 Å². The molecular formula is C13H11BrFN3O. The fourth-order valence-electron chi connectivity index (χ4n) is 1.57. The fraction of sp³-hybridized carbons (Fsp3) is 0.0769. The molecule has 19 heavy (non-hydrogen) atoms. The summed E-state index contributed by atoms with van der Waals surface area (Å²) in [4.78, 5) is 4.01. The van der Waals surface area contributed by atoms with Gasteiger partial charge in [0.25, 0.3) is 0 Å². The van der Waals surface area contributed by atoms with Crippen LogP contribution in [0.3, 0.4) is 0 Å². The quantitative estimate of drug-likeness (QED) is 0.671. The predicted octanol–water partition coefficient (Wildman–Crippen LogP) is 2.85. The van der Waals surface area contributed by atoms with E-state index in [9.17, 15) is 4.39 Å². The normalized spacial score (nSPS) is 10.2. The summed E-state index contributed by atoms with van der Waals surface area (Å²) in [5, 5.41) is 7.42. The van der Waals surface area contributed by atoms with Gasteiger partial charge in [0.2, 0.25) is 0 Å². The van der Waals surface area contributed by atoms with Gasteiger partial charge in [0, 0.05) is 22.3 Å². The maximum Gasteiger partial charge on any atom is 0.142 e. The van der Waals surface area contributed by atoms with Crippen LogP contribution in [-0.4, -0.2) is 10.8 Å². The first kappa shape index (κ1) is 13.5. The van der Waals surface area contributed by atoms with Crippen molar-refractivity contribution < 1.29 is 9.13 Å².